The molecule has 0 aliphatic carbocycles. The second-order valence-corrected chi connectivity index (χ2v) is 3.20. The predicted molar refractivity (Wildman–Crippen MR) is 50.5 cm³/mol. The van der Waals surface area contributed by atoms with Crippen molar-refractivity contribution in [1.29, 1.82) is 0 Å². The number of nitrogens with zero attached hydrogens (tertiary/aromatic N) is 1. The lowest BCUT2D eigenvalue weighted by atomic mass is 10.1. The van der Waals surface area contributed by atoms with Crippen molar-refractivity contribution in [2.45, 2.75) is 6.92 Å². The highest BCUT2D eigenvalue weighted by Crippen LogP contribution is 2.16. The summed E-state index contributed by atoms with van der Waals surface area (Å²) in [7, 11) is 0. The van der Waals surface area contributed by atoms with Crippen molar-refractivity contribution in [2.24, 2.45) is 10.9 Å². The van der Waals surface area contributed by atoms with Crippen LogP contribution in [0.5, 0.6) is 0 Å². The van der Waals surface area contributed by atoms with Crippen LogP contribution in [0.25, 0.3) is 0 Å². The molecule has 0 saturated heterocycles. The van der Waals surface area contributed by atoms with Crippen molar-refractivity contribution in [2.75, 3.05) is 0 Å². The molecule has 1 rings (SSSR count). The Morgan fingerprint density at radius 3 is 2.75 bits per heavy atom. The lowest BCUT2D eigenvalue weighted by Gasteiger charge is -1.99. The molecular formula is C8H8BrFN2. The fourth-order valence-corrected chi connectivity index (χ4v) is 1.17. The molecule has 0 fully saturated rings. The van der Waals surface area contributed by atoms with Gasteiger partial charge in [0.05, 0.1) is 10.2 Å². The first-order valence-corrected chi connectivity index (χ1v) is 4.14. The quantitative estimate of drug-likeness (QED) is 0.449. The van der Waals surface area contributed by atoms with Gasteiger partial charge < -0.3 is 5.84 Å². The van der Waals surface area contributed by atoms with E-state index in [0.29, 0.717) is 10.2 Å². The van der Waals surface area contributed by atoms with Gasteiger partial charge >= 0.3 is 0 Å². The Hall–Kier alpha value is -0.900. The zero-order valence-corrected chi connectivity index (χ0v) is 8.10. The zero-order valence-electron chi connectivity index (χ0n) is 6.51. The Morgan fingerprint density at radius 2 is 2.25 bits per heavy atom. The molecule has 1 aromatic rings. The molecule has 0 saturated carbocycles. The molecule has 4 heteroatoms. The van der Waals surface area contributed by atoms with E-state index in [2.05, 4.69) is 21.0 Å². The Kier molecular flexibility index (Phi) is 2.81. The lowest BCUT2D eigenvalue weighted by molar-refractivity contribution is 0.621. The summed E-state index contributed by atoms with van der Waals surface area (Å²) in [5.74, 6) is 4.78. The third kappa shape index (κ3) is 1.82. The summed E-state index contributed by atoms with van der Waals surface area (Å²) in [5, 5.41) is 3.50. The Morgan fingerprint density at radius 1 is 1.58 bits per heavy atom. The van der Waals surface area contributed by atoms with E-state index >= 15 is 0 Å². The van der Waals surface area contributed by atoms with E-state index in [1.807, 2.05) is 0 Å². The van der Waals surface area contributed by atoms with Gasteiger partial charge in [-0.3, -0.25) is 0 Å². The average Bonchev–Trinajstić information content (AvgIpc) is 2.08. The van der Waals surface area contributed by atoms with Crippen molar-refractivity contribution in [3.63, 3.8) is 0 Å². The summed E-state index contributed by atoms with van der Waals surface area (Å²) < 4.78 is 13.2. The molecule has 0 amide bonds. The van der Waals surface area contributed by atoms with Crippen LogP contribution in [0.4, 0.5) is 4.39 Å². The number of halogens is 2. The summed E-state index contributed by atoms with van der Waals surface area (Å²) in [5.41, 5.74) is 1.49. The van der Waals surface area contributed by atoms with Gasteiger partial charge in [0.2, 0.25) is 0 Å². The highest BCUT2D eigenvalue weighted by atomic mass is 79.9. The summed E-state index contributed by atoms with van der Waals surface area (Å²) >= 11 is 3.07. The van der Waals surface area contributed by atoms with Gasteiger partial charge in [-0.15, -0.1) is 0 Å². The van der Waals surface area contributed by atoms with E-state index in [4.69, 9.17) is 5.84 Å². The Bertz CT molecular complexity index is 323. The standard InChI is InChI=1S/C8H8BrFN2/c1-5(12-11)6-2-3-8(10)7(9)4-6/h2-4H,11H2,1H3/b12-5-. The molecular weight excluding hydrogens is 223 g/mol. The minimum atomic E-state index is -0.288. The maximum Gasteiger partial charge on any atom is 0.137 e. The first-order chi connectivity index (χ1) is 5.65. The van der Waals surface area contributed by atoms with Gasteiger partial charge in [0, 0.05) is 0 Å². The smallest absolute Gasteiger partial charge is 0.137 e. The third-order valence-electron chi connectivity index (χ3n) is 1.53. The molecule has 0 atom stereocenters. The number of nitrogens with two attached hydrogens (primary N) is 1. The van der Waals surface area contributed by atoms with E-state index in [1.165, 1.54) is 6.07 Å². The number of hydrogen-bond acceptors (Lipinski definition) is 2. The average molecular weight is 231 g/mol. The largest absolute Gasteiger partial charge is 0.323 e. The topological polar surface area (TPSA) is 38.4 Å². The van der Waals surface area contributed by atoms with Crippen LogP contribution in [0.15, 0.2) is 27.8 Å². The molecule has 0 unspecified atom stereocenters. The Labute approximate surface area is 78.4 Å². The summed E-state index contributed by atoms with van der Waals surface area (Å²) in [6.45, 7) is 1.76. The van der Waals surface area contributed by atoms with Crippen LogP contribution in [-0.2, 0) is 0 Å². The number of hydrazone groups is 1. The molecule has 0 spiro atoms. The highest BCUT2D eigenvalue weighted by molar-refractivity contribution is 9.10. The molecule has 0 aliphatic heterocycles. The summed E-state index contributed by atoms with van der Waals surface area (Å²) in [4.78, 5) is 0. The normalized spacial score (nSPS) is 11.8. The molecule has 0 aliphatic rings. The van der Waals surface area contributed by atoms with Crippen molar-refractivity contribution in [3.8, 4) is 0 Å². The second kappa shape index (κ2) is 3.67. The molecule has 0 radical (unpaired) electrons. The third-order valence-corrected chi connectivity index (χ3v) is 2.14. The molecule has 2 N–H and O–H groups in total. The van der Waals surface area contributed by atoms with Gasteiger partial charge in [-0.05, 0) is 40.5 Å². The molecule has 0 bridgehead atoms. The van der Waals surface area contributed by atoms with Crippen LogP contribution in [0, 0.1) is 5.82 Å². The van der Waals surface area contributed by atoms with Crippen LogP contribution in [0.3, 0.4) is 0 Å². The van der Waals surface area contributed by atoms with Gasteiger partial charge in [0.25, 0.3) is 0 Å². The van der Waals surface area contributed by atoms with Crippen LogP contribution >= 0.6 is 15.9 Å². The molecule has 64 valence electrons. The SMILES string of the molecule is C/C(=N/N)c1ccc(F)c(Br)c1. The van der Waals surface area contributed by atoms with E-state index in [0.717, 1.165) is 5.56 Å². The Balaban J connectivity index is 3.13. The van der Waals surface area contributed by atoms with Gasteiger partial charge in [-0.25, -0.2) is 4.39 Å². The zero-order chi connectivity index (χ0) is 9.14. The van der Waals surface area contributed by atoms with E-state index < -0.39 is 0 Å². The fourth-order valence-electron chi connectivity index (χ4n) is 0.796. The first kappa shape index (κ1) is 9.19. The maximum absolute atomic E-state index is 12.7. The van der Waals surface area contributed by atoms with Crippen molar-refractivity contribution < 1.29 is 4.39 Å². The monoisotopic (exact) mass is 230 g/mol. The molecule has 0 heterocycles. The van der Waals surface area contributed by atoms with Crippen molar-refractivity contribution >= 4 is 21.6 Å². The molecule has 0 aromatic heterocycles. The molecule has 2 nitrogen and oxygen atoms in total. The van der Waals surface area contributed by atoms with Crippen molar-refractivity contribution in [1.82, 2.24) is 0 Å². The number of benzene rings is 1. The lowest BCUT2D eigenvalue weighted by Crippen LogP contribution is -1.98. The van der Waals surface area contributed by atoms with Crippen LogP contribution < -0.4 is 5.84 Å². The highest BCUT2D eigenvalue weighted by Gasteiger charge is 2.01. The van der Waals surface area contributed by atoms with Gasteiger partial charge in [0.1, 0.15) is 5.82 Å². The molecule has 1 aromatic carbocycles. The van der Waals surface area contributed by atoms with Crippen molar-refractivity contribution in [3.05, 3.63) is 34.1 Å². The van der Waals surface area contributed by atoms with E-state index in [1.54, 1.807) is 19.1 Å². The van der Waals surface area contributed by atoms with Gasteiger partial charge in [-0.1, -0.05) is 6.07 Å². The second-order valence-electron chi connectivity index (χ2n) is 2.34. The van der Waals surface area contributed by atoms with Crippen LogP contribution in [0.1, 0.15) is 12.5 Å². The summed E-state index contributed by atoms with van der Waals surface area (Å²) in [6.07, 6.45) is 0. The van der Waals surface area contributed by atoms with E-state index in [-0.39, 0.29) is 5.82 Å². The predicted octanol–water partition coefficient (Wildman–Crippen LogP) is 2.27. The van der Waals surface area contributed by atoms with Crippen LogP contribution in [-0.4, -0.2) is 5.71 Å². The van der Waals surface area contributed by atoms with Gasteiger partial charge in [-0.2, -0.15) is 5.10 Å². The number of rotatable bonds is 1. The minimum Gasteiger partial charge on any atom is -0.323 e. The van der Waals surface area contributed by atoms with E-state index in [9.17, 15) is 4.39 Å². The summed E-state index contributed by atoms with van der Waals surface area (Å²) in [6, 6.07) is 4.64. The minimum absolute atomic E-state index is 0.288. The van der Waals surface area contributed by atoms with Gasteiger partial charge in [0.15, 0.2) is 0 Å². The van der Waals surface area contributed by atoms with Crippen LogP contribution in [0.2, 0.25) is 0 Å². The number of hydrogen-bond donors (Lipinski definition) is 1. The molecule has 12 heavy (non-hydrogen) atoms. The fraction of sp³-hybridized carbons (Fsp3) is 0.125. The first-order valence-electron chi connectivity index (χ1n) is 3.35. The maximum atomic E-state index is 12.7.